The third-order valence-electron chi connectivity index (χ3n) is 4.43. The Kier molecular flexibility index (Phi) is 3.32. The Hall–Kier alpha value is -3.45. The molecule has 0 atom stereocenters. The van der Waals surface area contributed by atoms with E-state index in [0.717, 1.165) is 33.8 Å². The maximum absolute atomic E-state index is 4.79. The van der Waals surface area contributed by atoms with E-state index >= 15 is 0 Å². The topological polar surface area (TPSA) is 70.9 Å². The van der Waals surface area contributed by atoms with Crippen LogP contribution in [0.2, 0.25) is 0 Å². The van der Waals surface area contributed by atoms with Crippen LogP contribution in [0.1, 0.15) is 5.56 Å². The van der Waals surface area contributed by atoms with Crippen molar-refractivity contribution in [3.63, 3.8) is 0 Å². The van der Waals surface area contributed by atoms with Crippen LogP contribution in [0.15, 0.2) is 61.2 Å². The smallest absolute Gasteiger partial charge is 0.170 e. The first kappa shape index (κ1) is 14.9. The number of hydrogen-bond donors (Lipinski definition) is 2. The van der Waals surface area contributed by atoms with Crippen LogP contribution in [-0.4, -0.2) is 19.5 Å². The summed E-state index contributed by atoms with van der Waals surface area (Å²) >= 11 is 0. The maximum atomic E-state index is 4.79. The van der Waals surface area contributed by atoms with Gasteiger partial charge in [-0.15, -0.1) is 5.53 Å². The number of imidazole rings is 1. The molecule has 0 saturated heterocycles. The molecule has 0 spiro atoms. The fourth-order valence-electron chi connectivity index (χ4n) is 3.14. The largest absolute Gasteiger partial charge is 0.340 e. The predicted octanol–water partition coefficient (Wildman–Crippen LogP) is 2.88. The van der Waals surface area contributed by atoms with Gasteiger partial charge < -0.3 is 9.99 Å². The summed E-state index contributed by atoms with van der Waals surface area (Å²) in [6.45, 7) is 0.684. The predicted molar refractivity (Wildman–Crippen MR) is 101 cm³/mol. The van der Waals surface area contributed by atoms with Gasteiger partial charge in [0.2, 0.25) is 0 Å². The number of pyridine rings is 2. The molecule has 7 nitrogen and oxygen atoms in total. The van der Waals surface area contributed by atoms with E-state index in [0.29, 0.717) is 6.54 Å². The fraction of sp³-hybridized carbons (Fsp3) is 0.105. The van der Waals surface area contributed by atoms with Gasteiger partial charge in [0.1, 0.15) is 5.69 Å². The lowest BCUT2D eigenvalue weighted by Crippen LogP contribution is -2.35. The zero-order chi connectivity index (χ0) is 17.5. The molecular weight excluding hydrogens is 326 g/mol. The van der Waals surface area contributed by atoms with E-state index in [2.05, 4.69) is 39.1 Å². The van der Waals surface area contributed by atoms with Crippen molar-refractivity contribution < 1.29 is 0 Å². The Morgan fingerprint density at radius 3 is 2.88 bits per heavy atom. The van der Waals surface area contributed by atoms with Crippen LogP contribution >= 0.6 is 0 Å². The van der Waals surface area contributed by atoms with Crippen molar-refractivity contribution in [2.24, 2.45) is 7.05 Å². The Bertz CT molecular complexity index is 1100. The monoisotopic (exact) mass is 343 g/mol. The molecule has 0 radical (unpaired) electrons. The Labute approximate surface area is 150 Å². The molecule has 4 aromatic rings. The summed E-state index contributed by atoms with van der Waals surface area (Å²) in [4.78, 5) is 13.6. The molecule has 0 saturated carbocycles. The van der Waals surface area contributed by atoms with Crippen molar-refractivity contribution in [1.29, 1.82) is 0 Å². The zero-order valence-electron chi connectivity index (χ0n) is 14.2. The molecule has 1 aromatic carbocycles. The lowest BCUT2D eigenvalue weighted by molar-refractivity contribution is 0.718. The number of aryl methyl sites for hydroxylation is 1. The van der Waals surface area contributed by atoms with Gasteiger partial charge in [-0.2, -0.15) is 0 Å². The second-order valence-electron chi connectivity index (χ2n) is 6.35. The lowest BCUT2D eigenvalue weighted by atomic mass is 10.1. The summed E-state index contributed by atoms with van der Waals surface area (Å²) < 4.78 is 1.92. The van der Waals surface area contributed by atoms with Gasteiger partial charge in [0, 0.05) is 24.8 Å². The molecule has 1 aliphatic heterocycles. The van der Waals surface area contributed by atoms with Crippen molar-refractivity contribution in [3.8, 4) is 11.4 Å². The van der Waals surface area contributed by atoms with Crippen molar-refractivity contribution in [3.05, 3.63) is 66.7 Å². The number of anilines is 2. The van der Waals surface area contributed by atoms with Gasteiger partial charge in [0.05, 0.1) is 29.8 Å². The van der Waals surface area contributed by atoms with Gasteiger partial charge in [0.15, 0.2) is 5.82 Å². The number of aromatic nitrogens is 4. The second kappa shape index (κ2) is 5.82. The summed E-state index contributed by atoms with van der Waals surface area (Å²) in [5.41, 5.74) is 11.2. The van der Waals surface area contributed by atoms with Crippen molar-refractivity contribution in [2.45, 2.75) is 6.54 Å². The van der Waals surface area contributed by atoms with E-state index in [4.69, 9.17) is 4.98 Å². The molecule has 0 fully saturated rings. The first-order valence-electron chi connectivity index (χ1n) is 8.38. The van der Waals surface area contributed by atoms with E-state index in [1.165, 1.54) is 5.56 Å². The number of hydrazine groups is 2. The van der Waals surface area contributed by atoms with E-state index in [-0.39, 0.29) is 0 Å². The summed E-state index contributed by atoms with van der Waals surface area (Å²) in [6, 6.07) is 14.3. The molecule has 0 unspecified atom stereocenters. The number of nitrogens with one attached hydrogen (secondary N) is 2. The SMILES string of the molecule is Cn1cnc(-c2ccc3c(n2)N(Cc2ccc4ncccc4c2)NN3)c1. The summed E-state index contributed by atoms with van der Waals surface area (Å²) in [7, 11) is 1.95. The second-order valence-corrected chi connectivity index (χ2v) is 6.35. The highest BCUT2D eigenvalue weighted by Gasteiger charge is 2.21. The van der Waals surface area contributed by atoms with Gasteiger partial charge in [-0.3, -0.25) is 9.99 Å². The van der Waals surface area contributed by atoms with Crippen LogP contribution in [0, 0.1) is 0 Å². The van der Waals surface area contributed by atoms with Gasteiger partial charge in [-0.05, 0) is 35.9 Å². The van der Waals surface area contributed by atoms with Crippen molar-refractivity contribution >= 4 is 22.4 Å². The number of nitrogens with zero attached hydrogens (tertiary/aromatic N) is 5. The number of rotatable bonds is 3. The molecule has 1 aliphatic rings. The van der Waals surface area contributed by atoms with Crippen LogP contribution in [-0.2, 0) is 13.6 Å². The van der Waals surface area contributed by atoms with Crippen LogP contribution in [0.5, 0.6) is 0 Å². The molecule has 128 valence electrons. The minimum absolute atomic E-state index is 0.684. The standard InChI is InChI=1S/C19H17N7/c1-25-11-18(21-12-25)16-6-7-17-19(22-16)26(24-23-17)10-13-4-5-15-14(9-13)3-2-8-20-15/h2-9,11-12,23-24H,10H2,1H3. The fourth-order valence-corrected chi connectivity index (χ4v) is 3.14. The average Bonchev–Trinajstić information content (AvgIpc) is 3.28. The van der Waals surface area contributed by atoms with Crippen molar-refractivity contribution in [2.75, 3.05) is 10.4 Å². The molecule has 0 bridgehead atoms. The summed E-state index contributed by atoms with van der Waals surface area (Å²) in [5.74, 6) is 0.861. The van der Waals surface area contributed by atoms with Crippen molar-refractivity contribution in [1.82, 2.24) is 25.1 Å². The van der Waals surface area contributed by atoms with Crippen LogP contribution in [0.25, 0.3) is 22.3 Å². The molecule has 3 aromatic heterocycles. The Morgan fingerprint density at radius 2 is 2.00 bits per heavy atom. The molecular formula is C19H17N7. The van der Waals surface area contributed by atoms with Gasteiger partial charge >= 0.3 is 0 Å². The number of hydrogen-bond acceptors (Lipinski definition) is 6. The highest BCUT2D eigenvalue weighted by molar-refractivity contribution is 5.79. The first-order valence-corrected chi connectivity index (χ1v) is 8.38. The number of benzene rings is 1. The van der Waals surface area contributed by atoms with E-state index in [1.54, 1.807) is 6.33 Å². The molecule has 0 aliphatic carbocycles. The maximum Gasteiger partial charge on any atom is 0.170 e. The van der Waals surface area contributed by atoms with Gasteiger partial charge in [0.25, 0.3) is 0 Å². The lowest BCUT2D eigenvalue weighted by Gasteiger charge is -2.17. The van der Waals surface area contributed by atoms with Gasteiger partial charge in [-0.25, -0.2) is 9.97 Å². The Balaban J connectivity index is 1.46. The Morgan fingerprint density at radius 1 is 1.04 bits per heavy atom. The summed E-state index contributed by atoms with van der Waals surface area (Å²) in [6.07, 6.45) is 5.56. The molecule has 26 heavy (non-hydrogen) atoms. The van der Waals surface area contributed by atoms with Crippen LogP contribution < -0.4 is 16.0 Å². The quantitative estimate of drug-likeness (QED) is 0.596. The molecule has 7 heteroatoms. The highest BCUT2D eigenvalue weighted by Crippen LogP contribution is 2.30. The van der Waals surface area contributed by atoms with E-state index in [1.807, 2.05) is 53.3 Å². The molecule has 5 rings (SSSR count). The molecule has 4 heterocycles. The zero-order valence-corrected chi connectivity index (χ0v) is 14.2. The third-order valence-corrected chi connectivity index (χ3v) is 4.43. The minimum Gasteiger partial charge on any atom is -0.340 e. The average molecular weight is 343 g/mol. The normalized spacial score (nSPS) is 13.0. The molecule has 0 amide bonds. The minimum atomic E-state index is 0.684. The van der Waals surface area contributed by atoms with E-state index in [9.17, 15) is 0 Å². The van der Waals surface area contributed by atoms with Gasteiger partial charge in [-0.1, -0.05) is 12.1 Å². The molecule has 2 N–H and O–H groups in total. The highest BCUT2D eigenvalue weighted by atomic mass is 15.7. The third kappa shape index (κ3) is 2.55. The number of fused-ring (bicyclic) bond motifs is 2. The summed E-state index contributed by atoms with van der Waals surface area (Å²) in [5, 5.41) is 3.13. The van der Waals surface area contributed by atoms with Crippen LogP contribution in [0.4, 0.5) is 11.5 Å². The first-order chi connectivity index (χ1) is 12.8. The van der Waals surface area contributed by atoms with Crippen LogP contribution in [0.3, 0.4) is 0 Å². The van der Waals surface area contributed by atoms with E-state index < -0.39 is 0 Å².